The van der Waals surface area contributed by atoms with Crippen LogP contribution >= 0.6 is 24.2 Å². The van der Waals surface area contributed by atoms with E-state index in [1.165, 1.54) is 4.90 Å². The van der Waals surface area contributed by atoms with E-state index in [1.54, 1.807) is 11.8 Å². The molecule has 2 rings (SSSR count). The lowest BCUT2D eigenvalue weighted by molar-refractivity contribution is -0.125. The van der Waals surface area contributed by atoms with Crippen LogP contribution in [0, 0.1) is 0 Å². The Morgan fingerprint density at radius 3 is 2.38 bits per heavy atom. The molecule has 0 atom stereocenters. The van der Waals surface area contributed by atoms with E-state index in [-0.39, 0.29) is 42.1 Å². The molecule has 0 aromatic heterocycles. The molecule has 0 heterocycles. The largest absolute Gasteiger partial charge is 0.353 e. The Balaban J connectivity index is 0.00000220. The third-order valence-corrected chi connectivity index (χ3v) is 4.62. The first kappa shape index (κ1) is 17.8. The van der Waals surface area contributed by atoms with Crippen molar-refractivity contribution >= 4 is 36.0 Å². The highest BCUT2D eigenvalue weighted by Gasteiger charge is 2.43. The molecule has 1 fully saturated rings. The predicted octanol–water partition coefficient (Wildman–Crippen LogP) is 0.924. The van der Waals surface area contributed by atoms with Gasteiger partial charge in [0.1, 0.15) is 0 Å². The second-order valence-electron chi connectivity index (χ2n) is 4.86. The van der Waals surface area contributed by atoms with Gasteiger partial charge in [0.05, 0.1) is 13.1 Å². The summed E-state index contributed by atoms with van der Waals surface area (Å²) in [6.07, 6.45) is 2.20. The van der Waals surface area contributed by atoms with Crippen LogP contribution in [-0.4, -0.2) is 36.2 Å². The maximum atomic E-state index is 11.6. The highest BCUT2D eigenvalue weighted by Crippen LogP contribution is 2.51. The first-order chi connectivity index (χ1) is 9.63. The number of amides is 2. The molecule has 1 aliphatic carbocycles. The van der Waals surface area contributed by atoms with E-state index in [4.69, 9.17) is 5.73 Å². The van der Waals surface area contributed by atoms with Crippen molar-refractivity contribution in [2.24, 2.45) is 5.73 Å². The van der Waals surface area contributed by atoms with Gasteiger partial charge in [0, 0.05) is 16.2 Å². The summed E-state index contributed by atoms with van der Waals surface area (Å²) in [7, 11) is 0. The predicted molar refractivity (Wildman–Crippen MR) is 86.6 cm³/mol. The van der Waals surface area contributed by atoms with E-state index in [1.807, 2.05) is 18.2 Å². The highest BCUT2D eigenvalue weighted by atomic mass is 35.5. The average Bonchev–Trinajstić information content (AvgIpc) is 3.23. The van der Waals surface area contributed by atoms with Gasteiger partial charge in [-0.1, -0.05) is 18.2 Å². The highest BCUT2D eigenvalue weighted by molar-refractivity contribution is 8.01. The summed E-state index contributed by atoms with van der Waals surface area (Å²) >= 11 is 1.81. The summed E-state index contributed by atoms with van der Waals surface area (Å²) in [4.78, 5) is 23.8. The molecule has 2 amide bonds. The molecule has 116 valence electrons. The summed E-state index contributed by atoms with van der Waals surface area (Å²) in [5.41, 5.74) is 5.15. The lowest BCUT2D eigenvalue weighted by atomic mass is 10.4. The Hall–Kier alpha value is -1.24. The molecular weight excluding hydrogens is 310 g/mol. The van der Waals surface area contributed by atoms with Gasteiger partial charge in [0.15, 0.2) is 0 Å². The Labute approximate surface area is 134 Å². The van der Waals surface area contributed by atoms with Crippen LogP contribution in [0.3, 0.4) is 0 Å². The van der Waals surface area contributed by atoms with Crippen molar-refractivity contribution in [2.75, 3.05) is 19.6 Å². The molecule has 1 aromatic carbocycles. The summed E-state index contributed by atoms with van der Waals surface area (Å²) in [5, 5.41) is 5.33. The number of rotatable bonds is 7. The van der Waals surface area contributed by atoms with Gasteiger partial charge in [-0.2, -0.15) is 0 Å². The van der Waals surface area contributed by atoms with E-state index < -0.39 is 0 Å². The fourth-order valence-electron chi connectivity index (χ4n) is 1.77. The van der Waals surface area contributed by atoms with Gasteiger partial charge in [-0.15, -0.1) is 24.2 Å². The molecule has 1 aliphatic rings. The van der Waals surface area contributed by atoms with Crippen LogP contribution in [0.1, 0.15) is 12.8 Å². The van der Waals surface area contributed by atoms with Crippen molar-refractivity contribution in [3.8, 4) is 0 Å². The number of carbonyl (C=O) groups is 2. The normalized spacial score (nSPS) is 14.7. The van der Waals surface area contributed by atoms with E-state index in [9.17, 15) is 9.59 Å². The number of hydrogen-bond donors (Lipinski definition) is 3. The maximum absolute atomic E-state index is 11.6. The minimum Gasteiger partial charge on any atom is -0.353 e. The first-order valence-corrected chi connectivity index (χ1v) is 7.43. The van der Waals surface area contributed by atoms with Gasteiger partial charge in [-0.25, -0.2) is 0 Å². The van der Waals surface area contributed by atoms with E-state index in [0.29, 0.717) is 6.54 Å². The number of thioether (sulfide) groups is 1. The van der Waals surface area contributed by atoms with Gasteiger partial charge in [0.25, 0.3) is 0 Å². The van der Waals surface area contributed by atoms with Gasteiger partial charge in [-0.05, 0) is 25.0 Å². The molecular formula is C14H20ClN3O2S. The zero-order valence-electron chi connectivity index (χ0n) is 11.6. The van der Waals surface area contributed by atoms with E-state index in [0.717, 1.165) is 12.8 Å². The van der Waals surface area contributed by atoms with Crippen LogP contribution in [0.2, 0.25) is 0 Å². The van der Waals surface area contributed by atoms with E-state index >= 15 is 0 Å². The third-order valence-electron chi connectivity index (χ3n) is 3.12. The Bertz CT molecular complexity index is 480. The van der Waals surface area contributed by atoms with Gasteiger partial charge in [0.2, 0.25) is 11.8 Å². The molecule has 7 heteroatoms. The number of carbonyl (C=O) groups excluding carboxylic acids is 2. The molecule has 4 N–H and O–H groups in total. The molecule has 0 radical (unpaired) electrons. The standard InChI is InChI=1S/C14H19N3O2S.ClH/c15-8-12(18)16-9-13(19)17-10-14(6-7-14)20-11-4-2-1-3-5-11;/h1-5H,6-10,15H2,(H,16,18)(H,17,19);1H. The lowest BCUT2D eigenvalue weighted by Crippen LogP contribution is -2.41. The van der Waals surface area contributed by atoms with Crippen molar-refractivity contribution in [1.82, 2.24) is 10.6 Å². The van der Waals surface area contributed by atoms with Crippen LogP contribution in [0.25, 0.3) is 0 Å². The minimum atomic E-state index is -0.319. The summed E-state index contributed by atoms with van der Waals surface area (Å²) in [6, 6.07) is 10.2. The van der Waals surface area contributed by atoms with Crippen LogP contribution < -0.4 is 16.4 Å². The minimum absolute atomic E-state index is 0. The molecule has 21 heavy (non-hydrogen) atoms. The van der Waals surface area contributed by atoms with Crippen molar-refractivity contribution in [1.29, 1.82) is 0 Å². The van der Waals surface area contributed by atoms with Gasteiger partial charge >= 0.3 is 0 Å². The second-order valence-corrected chi connectivity index (χ2v) is 6.40. The van der Waals surface area contributed by atoms with Gasteiger partial charge < -0.3 is 16.4 Å². The molecule has 0 aliphatic heterocycles. The molecule has 1 saturated carbocycles. The average molecular weight is 330 g/mol. The van der Waals surface area contributed by atoms with Crippen molar-refractivity contribution < 1.29 is 9.59 Å². The smallest absolute Gasteiger partial charge is 0.239 e. The number of hydrogen-bond acceptors (Lipinski definition) is 4. The molecule has 5 nitrogen and oxygen atoms in total. The summed E-state index contributed by atoms with van der Waals surface area (Å²) in [5.74, 6) is -0.494. The van der Waals surface area contributed by atoms with Gasteiger partial charge in [-0.3, -0.25) is 9.59 Å². The number of nitrogens with one attached hydrogen (secondary N) is 2. The fraction of sp³-hybridized carbons (Fsp3) is 0.429. The zero-order valence-corrected chi connectivity index (χ0v) is 13.3. The Morgan fingerprint density at radius 1 is 1.14 bits per heavy atom. The van der Waals surface area contributed by atoms with Crippen molar-refractivity contribution in [3.63, 3.8) is 0 Å². The Morgan fingerprint density at radius 2 is 1.81 bits per heavy atom. The topological polar surface area (TPSA) is 84.2 Å². The Kier molecular flexibility index (Phi) is 7.01. The summed E-state index contributed by atoms with van der Waals surface area (Å²) in [6.45, 7) is 0.521. The summed E-state index contributed by atoms with van der Waals surface area (Å²) < 4.78 is 0.120. The van der Waals surface area contributed by atoms with Crippen LogP contribution in [0.5, 0.6) is 0 Å². The third kappa shape index (κ3) is 5.95. The van der Waals surface area contributed by atoms with Crippen molar-refractivity contribution in [2.45, 2.75) is 22.5 Å². The van der Waals surface area contributed by atoms with Crippen molar-refractivity contribution in [3.05, 3.63) is 30.3 Å². The quantitative estimate of drug-likeness (QED) is 0.694. The molecule has 0 unspecified atom stereocenters. The number of halogens is 1. The van der Waals surface area contributed by atoms with E-state index in [2.05, 4.69) is 22.8 Å². The number of benzene rings is 1. The monoisotopic (exact) mass is 329 g/mol. The fourth-order valence-corrected chi connectivity index (χ4v) is 3.01. The zero-order chi connectivity index (χ0) is 14.4. The SMILES string of the molecule is Cl.NCC(=O)NCC(=O)NCC1(Sc2ccccc2)CC1. The maximum Gasteiger partial charge on any atom is 0.239 e. The molecule has 0 spiro atoms. The number of nitrogens with two attached hydrogens (primary N) is 1. The molecule has 1 aromatic rings. The van der Waals surface area contributed by atoms with Crippen LogP contribution in [0.15, 0.2) is 35.2 Å². The lowest BCUT2D eigenvalue weighted by Gasteiger charge is -2.15. The molecule has 0 saturated heterocycles. The van der Waals surface area contributed by atoms with Crippen LogP contribution in [-0.2, 0) is 9.59 Å². The molecule has 0 bridgehead atoms. The second kappa shape index (κ2) is 8.26. The van der Waals surface area contributed by atoms with Crippen LogP contribution in [0.4, 0.5) is 0 Å². The first-order valence-electron chi connectivity index (χ1n) is 6.61.